The van der Waals surface area contributed by atoms with Crippen LogP contribution in [0.15, 0.2) is 54.6 Å². The van der Waals surface area contributed by atoms with Gasteiger partial charge in [-0.2, -0.15) is 0 Å². The lowest BCUT2D eigenvalue weighted by Crippen LogP contribution is -2.45. The Morgan fingerprint density at radius 2 is 1.59 bits per heavy atom. The molecular formula is C25H25ClN4O2. The molecule has 32 heavy (non-hydrogen) atoms. The van der Waals surface area contributed by atoms with E-state index in [4.69, 9.17) is 26.1 Å². The Hall–Kier alpha value is -2.51. The molecule has 0 N–H and O–H groups in total. The van der Waals surface area contributed by atoms with E-state index in [0.717, 1.165) is 72.3 Å². The van der Waals surface area contributed by atoms with Gasteiger partial charge in [0.15, 0.2) is 10.9 Å². The molecule has 0 amide bonds. The van der Waals surface area contributed by atoms with Gasteiger partial charge in [0.1, 0.15) is 11.3 Å². The number of piperidine rings is 1. The third kappa shape index (κ3) is 3.48. The summed E-state index contributed by atoms with van der Waals surface area (Å²) in [5.41, 5.74) is 3.78. The van der Waals surface area contributed by atoms with Gasteiger partial charge in [0.25, 0.3) is 0 Å². The van der Waals surface area contributed by atoms with Crippen LogP contribution in [0, 0.1) is 0 Å². The highest BCUT2D eigenvalue weighted by Gasteiger charge is 2.39. The first-order chi connectivity index (χ1) is 15.7. The maximum Gasteiger partial charge on any atom is 0.170 e. The topological polar surface area (TPSA) is 52.4 Å². The molecule has 2 saturated heterocycles. The fourth-order valence-electron chi connectivity index (χ4n) is 4.97. The van der Waals surface area contributed by atoms with Crippen molar-refractivity contribution in [2.45, 2.75) is 25.2 Å². The van der Waals surface area contributed by atoms with Crippen LogP contribution in [0.4, 0.5) is 0 Å². The highest BCUT2D eigenvalue weighted by atomic mass is 35.5. The summed E-state index contributed by atoms with van der Waals surface area (Å²) in [6.45, 7) is 5.11. The standard InChI is InChI=1S/C25H25ClN4O2/c26-23-21-22(19-8-4-5-9-20(19)27-23)30(24(28-21)18-6-2-1-3-7-18)15-14-29-12-10-25(11-13-29)31-16-17-32-25/h1-9H,10-17H2. The van der Waals surface area contributed by atoms with E-state index >= 15 is 0 Å². The number of benzene rings is 2. The summed E-state index contributed by atoms with van der Waals surface area (Å²) in [5, 5.41) is 1.53. The van der Waals surface area contributed by atoms with Crippen LogP contribution in [0.25, 0.3) is 33.3 Å². The molecule has 4 aromatic rings. The van der Waals surface area contributed by atoms with Crippen molar-refractivity contribution >= 4 is 33.5 Å². The monoisotopic (exact) mass is 448 g/mol. The molecule has 1 spiro atoms. The molecule has 2 aromatic carbocycles. The summed E-state index contributed by atoms with van der Waals surface area (Å²) in [5.74, 6) is 0.583. The van der Waals surface area contributed by atoms with Crippen molar-refractivity contribution in [1.82, 2.24) is 19.4 Å². The molecule has 6 nitrogen and oxygen atoms in total. The Morgan fingerprint density at radius 1 is 0.875 bits per heavy atom. The minimum absolute atomic E-state index is 0.344. The van der Waals surface area contributed by atoms with Gasteiger partial charge >= 0.3 is 0 Å². The normalized spacial score (nSPS) is 18.8. The molecule has 2 aliphatic heterocycles. The van der Waals surface area contributed by atoms with Gasteiger partial charge in [0.2, 0.25) is 0 Å². The Morgan fingerprint density at radius 3 is 2.38 bits per heavy atom. The molecule has 2 aromatic heterocycles. The van der Waals surface area contributed by atoms with Crippen molar-refractivity contribution in [2.75, 3.05) is 32.8 Å². The van der Waals surface area contributed by atoms with E-state index in [2.05, 4.69) is 32.7 Å². The lowest BCUT2D eigenvalue weighted by Gasteiger charge is -2.37. The van der Waals surface area contributed by atoms with E-state index in [1.54, 1.807) is 0 Å². The number of pyridine rings is 1. The summed E-state index contributed by atoms with van der Waals surface area (Å²) < 4.78 is 14.1. The van der Waals surface area contributed by atoms with Crippen molar-refractivity contribution in [3.05, 3.63) is 59.8 Å². The maximum atomic E-state index is 6.60. The van der Waals surface area contributed by atoms with Gasteiger partial charge in [-0.25, -0.2) is 9.97 Å². The van der Waals surface area contributed by atoms with Gasteiger partial charge in [-0.1, -0.05) is 60.1 Å². The molecule has 0 radical (unpaired) electrons. The number of likely N-dealkylation sites (tertiary alicyclic amines) is 1. The third-order valence-corrected chi connectivity index (χ3v) is 6.91. The summed E-state index contributed by atoms with van der Waals surface area (Å²) in [6.07, 6.45) is 1.84. The first-order valence-electron chi connectivity index (χ1n) is 11.2. The third-order valence-electron chi connectivity index (χ3n) is 6.64. The average Bonchev–Trinajstić information content (AvgIpc) is 3.45. The quantitative estimate of drug-likeness (QED) is 0.422. The molecular weight excluding hydrogens is 424 g/mol. The summed E-state index contributed by atoms with van der Waals surface area (Å²) in [6, 6.07) is 18.5. The van der Waals surface area contributed by atoms with Crippen molar-refractivity contribution in [2.24, 2.45) is 0 Å². The van der Waals surface area contributed by atoms with Gasteiger partial charge < -0.3 is 18.9 Å². The molecule has 2 fully saturated rings. The predicted molar refractivity (Wildman–Crippen MR) is 126 cm³/mol. The highest BCUT2D eigenvalue weighted by Crippen LogP contribution is 2.34. The van der Waals surface area contributed by atoms with E-state index in [9.17, 15) is 0 Å². The van der Waals surface area contributed by atoms with E-state index in [1.165, 1.54) is 0 Å². The van der Waals surface area contributed by atoms with Gasteiger partial charge in [-0.05, 0) is 6.07 Å². The van der Waals surface area contributed by atoms with Crippen molar-refractivity contribution < 1.29 is 9.47 Å². The molecule has 4 heterocycles. The number of ether oxygens (including phenoxy) is 2. The molecule has 6 rings (SSSR count). The zero-order valence-electron chi connectivity index (χ0n) is 17.8. The molecule has 0 bridgehead atoms. The number of hydrogen-bond donors (Lipinski definition) is 0. The lowest BCUT2D eigenvalue weighted by molar-refractivity contribution is -0.185. The number of hydrogen-bond acceptors (Lipinski definition) is 5. The van der Waals surface area contributed by atoms with Crippen LogP contribution in [-0.2, 0) is 16.0 Å². The van der Waals surface area contributed by atoms with Crippen LogP contribution in [0.2, 0.25) is 5.15 Å². The van der Waals surface area contributed by atoms with Crippen LogP contribution >= 0.6 is 11.6 Å². The van der Waals surface area contributed by atoms with Gasteiger partial charge in [-0.15, -0.1) is 0 Å². The van der Waals surface area contributed by atoms with Crippen LogP contribution in [-0.4, -0.2) is 58.1 Å². The number of imidazole rings is 1. The summed E-state index contributed by atoms with van der Waals surface area (Å²) >= 11 is 6.60. The average molecular weight is 449 g/mol. The maximum absolute atomic E-state index is 6.60. The number of aromatic nitrogens is 3. The fourth-order valence-corrected chi connectivity index (χ4v) is 5.19. The van der Waals surface area contributed by atoms with Gasteiger partial charge in [0.05, 0.1) is 24.2 Å². The van der Waals surface area contributed by atoms with Crippen molar-refractivity contribution in [1.29, 1.82) is 0 Å². The minimum Gasteiger partial charge on any atom is -0.347 e. The van der Waals surface area contributed by atoms with E-state index in [1.807, 2.05) is 36.4 Å². The fraction of sp³-hybridized carbons (Fsp3) is 0.360. The number of fused-ring (bicyclic) bond motifs is 3. The minimum atomic E-state index is -0.344. The lowest BCUT2D eigenvalue weighted by atomic mass is 10.0. The second-order valence-electron chi connectivity index (χ2n) is 8.52. The molecule has 164 valence electrons. The van der Waals surface area contributed by atoms with Gasteiger partial charge in [0, 0.05) is 50.0 Å². The second-order valence-corrected chi connectivity index (χ2v) is 8.88. The van der Waals surface area contributed by atoms with E-state index < -0.39 is 0 Å². The van der Waals surface area contributed by atoms with Crippen LogP contribution in [0.1, 0.15) is 12.8 Å². The summed E-state index contributed by atoms with van der Waals surface area (Å²) in [7, 11) is 0. The Bertz CT molecular complexity index is 1260. The van der Waals surface area contributed by atoms with Crippen molar-refractivity contribution in [3.63, 3.8) is 0 Å². The Kier molecular flexibility index (Phi) is 5.11. The zero-order chi connectivity index (χ0) is 21.5. The number of nitrogens with zero attached hydrogens (tertiary/aromatic N) is 4. The largest absolute Gasteiger partial charge is 0.347 e. The molecule has 2 aliphatic rings. The smallest absolute Gasteiger partial charge is 0.170 e. The molecule has 0 aliphatic carbocycles. The molecule has 0 atom stereocenters. The highest BCUT2D eigenvalue weighted by molar-refractivity contribution is 6.35. The van der Waals surface area contributed by atoms with Crippen molar-refractivity contribution in [3.8, 4) is 11.4 Å². The summed E-state index contributed by atoms with van der Waals surface area (Å²) in [4.78, 5) is 12.0. The van der Waals surface area contributed by atoms with Gasteiger partial charge in [-0.3, -0.25) is 0 Å². The number of rotatable bonds is 4. The van der Waals surface area contributed by atoms with Crippen LogP contribution < -0.4 is 0 Å². The number of halogens is 1. The van der Waals surface area contributed by atoms with E-state index in [0.29, 0.717) is 18.4 Å². The van der Waals surface area contributed by atoms with Crippen LogP contribution in [0.5, 0.6) is 0 Å². The SMILES string of the molecule is Clc1nc2ccccc2c2c1nc(-c1ccccc1)n2CCN1CCC2(CC1)OCCO2. The number of para-hydroxylation sites is 1. The van der Waals surface area contributed by atoms with Crippen LogP contribution in [0.3, 0.4) is 0 Å². The molecule has 0 unspecified atom stereocenters. The molecule has 0 saturated carbocycles. The molecule has 7 heteroatoms. The second kappa shape index (κ2) is 8.12. The first-order valence-corrected chi connectivity index (χ1v) is 11.6. The van der Waals surface area contributed by atoms with E-state index in [-0.39, 0.29) is 5.79 Å². The Balaban J connectivity index is 1.38. The predicted octanol–water partition coefficient (Wildman–Crippen LogP) is 4.74. The zero-order valence-corrected chi connectivity index (χ0v) is 18.6. The first kappa shape index (κ1) is 20.1. The Labute approximate surface area is 191 Å².